The Hall–Kier alpha value is -2.46. The molecule has 0 radical (unpaired) electrons. The van der Waals surface area contributed by atoms with Crippen molar-refractivity contribution in [2.24, 2.45) is 11.8 Å². The van der Waals surface area contributed by atoms with Crippen LogP contribution in [-0.4, -0.2) is 96.7 Å². The van der Waals surface area contributed by atoms with Crippen LogP contribution in [0.1, 0.15) is 414 Å². The lowest BCUT2D eigenvalue weighted by Gasteiger charge is -2.21. The maximum Gasteiger partial charge on any atom is 0.472 e. The van der Waals surface area contributed by atoms with Crippen LogP contribution < -0.4 is 0 Å². The van der Waals surface area contributed by atoms with Crippen LogP contribution in [-0.2, 0) is 65.4 Å². The number of hydrogen-bond acceptors (Lipinski definition) is 15. The van der Waals surface area contributed by atoms with Gasteiger partial charge in [-0.3, -0.25) is 37.3 Å². The smallest absolute Gasteiger partial charge is 0.462 e. The summed E-state index contributed by atoms with van der Waals surface area (Å²) in [5, 5.41) is 10.7. The Bertz CT molecular complexity index is 2060. The second kappa shape index (κ2) is 74.0. The first-order valence-corrected chi connectivity index (χ1v) is 45.3. The predicted octanol–water partition coefficient (Wildman–Crippen LogP) is 24.6. The summed E-state index contributed by atoms with van der Waals surface area (Å²) in [5.41, 5.74) is 0. The summed E-state index contributed by atoms with van der Waals surface area (Å²) in [6, 6.07) is 0. The highest BCUT2D eigenvalue weighted by Crippen LogP contribution is 2.45. The summed E-state index contributed by atoms with van der Waals surface area (Å²) < 4.78 is 68.8. The number of esters is 4. The van der Waals surface area contributed by atoms with Gasteiger partial charge in [0.1, 0.15) is 19.3 Å². The van der Waals surface area contributed by atoms with Gasteiger partial charge in [0, 0.05) is 25.7 Å². The highest BCUT2D eigenvalue weighted by molar-refractivity contribution is 7.47. The molecule has 0 saturated carbocycles. The fourth-order valence-electron chi connectivity index (χ4n) is 12.3. The first kappa shape index (κ1) is 99.5. The topological polar surface area (TPSA) is 237 Å². The Morgan fingerprint density at radius 3 is 0.882 bits per heavy atom. The van der Waals surface area contributed by atoms with Gasteiger partial charge in [-0.15, -0.1) is 0 Å². The van der Waals surface area contributed by atoms with Crippen LogP contribution in [0.2, 0.25) is 0 Å². The van der Waals surface area contributed by atoms with Crippen molar-refractivity contribution in [1.82, 2.24) is 0 Å². The number of hydrogen-bond donors (Lipinski definition) is 3. The van der Waals surface area contributed by atoms with Crippen LogP contribution in [0.25, 0.3) is 0 Å². The number of aliphatic hydroxyl groups excluding tert-OH is 1. The summed E-state index contributed by atoms with van der Waals surface area (Å²) in [4.78, 5) is 73.1. The lowest BCUT2D eigenvalue weighted by molar-refractivity contribution is -0.161. The minimum Gasteiger partial charge on any atom is -0.462 e. The quantitative estimate of drug-likeness (QED) is 0.0169. The molecule has 0 heterocycles. The molecule has 19 heteroatoms. The molecule has 0 aliphatic heterocycles. The van der Waals surface area contributed by atoms with Crippen molar-refractivity contribution < 1.29 is 80.2 Å². The minimum absolute atomic E-state index is 0.102. The van der Waals surface area contributed by atoms with E-state index in [1.807, 2.05) is 0 Å². The van der Waals surface area contributed by atoms with E-state index in [0.29, 0.717) is 25.7 Å². The SMILES string of the molecule is CCCCCC/C=C\C=C/CCCCCCCC(=O)OC[C@H](COP(=O)(O)OC[C@@H](O)COP(=O)(O)OC[C@@H](COC(=O)CCCCCCCCCCC(C)CC)OC(=O)CCCCCCCCCCCCCCC(C)C)OC(=O)CCCCCCCCCCCCCCCCCCCCCC. The summed E-state index contributed by atoms with van der Waals surface area (Å²) in [6.45, 7) is 9.59. The van der Waals surface area contributed by atoms with E-state index < -0.39 is 97.5 Å². The van der Waals surface area contributed by atoms with Crippen molar-refractivity contribution in [3.8, 4) is 0 Å². The fourth-order valence-corrected chi connectivity index (χ4v) is 13.9. The maximum atomic E-state index is 13.1. The van der Waals surface area contributed by atoms with Gasteiger partial charge in [-0.25, -0.2) is 9.13 Å². The lowest BCUT2D eigenvalue weighted by atomic mass is 9.99. The Morgan fingerprint density at radius 1 is 0.324 bits per heavy atom. The summed E-state index contributed by atoms with van der Waals surface area (Å²) >= 11 is 0. The van der Waals surface area contributed by atoms with Crippen LogP contribution in [0, 0.1) is 11.8 Å². The van der Waals surface area contributed by atoms with E-state index in [2.05, 4.69) is 65.8 Å². The number of carbonyl (C=O) groups is 4. The van der Waals surface area contributed by atoms with E-state index in [4.69, 9.17) is 37.0 Å². The summed E-state index contributed by atoms with van der Waals surface area (Å²) in [5.74, 6) is -0.586. The molecule has 0 aromatic rings. The molecule has 0 fully saturated rings. The molecule has 0 spiro atoms. The molecule has 0 aliphatic carbocycles. The molecule has 0 aromatic heterocycles. The van der Waals surface area contributed by atoms with Gasteiger partial charge in [-0.1, -0.05) is 361 Å². The largest absolute Gasteiger partial charge is 0.472 e. The van der Waals surface area contributed by atoms with E-state index in [0.717, 1.165) is 121 Å². The van der Waals surface area contributed by atoms with Gasteiger partial charge in [0.25, 0.3) is 0 Å². The number of ether oxygens (including phenoxy) is 4. The number of carbonyl (C=O) groups excluding carboxylic acids is 4. The predicted molar refractivity (Wildman–Crippen MR) is 418 cm³/mol. The van der Waals surface area contributed by atoms with E-state index in [-0.39, 0.29) is 25.7 Å². The van der Waals surface area contributed by atoms with Crippen LogP contribution in [0.15, 0.2) is 24.3 Å². The van der Waals surface area contributed by atoms with Gasteiger partial charge < -0.3 is 33.8 Å². The maximum absolute atomic E-state index is 13.1. The molecular formula is C83H158O17P2. The molecule has 6 atom stereocenters. The van der Waals surface area contributed by atoms with Gasteiger partial charge in [0.15, 0.2) is 12.2 Å². The van der Waals surface area contributed by atoms with Crippen molar-refractivity contribution >= 4 is 39.5 Å². The molecule has 3 N–H and O–H groups in total. The Labute approximate surface area is 624 Å². The van der Waals surface area contributed by atoms with Crippen molar-refractivity contribution in [3.63, 3.8) is 0 Å². The first-order valence-electron chi connectivity index (χ1n) is 42.3. The Kier molecular flexibility index (Phi) is 72.2. The number of aliphatic hydroxyl groups is 1. The minimum atomic E-state index is -4.97. The Morgan fingerprint density at radius 2 is 0.578 bits per heavy atom. The summed E-state index contributed by atoms with van der Waals surface area (Å²) in [6.07, 6.45) is 67.4. The number of phosphoric acid groups is 2. The van der Waals surface area contributed by atoms with Gasteiger partial charge >= 0.3 is 39.5 Å². The number of phosphoric ester groups is 2. The zero-order valence-electron chi connectivity index (χ0n) is 66.4. The highest BCUT2D eigenvalue weighted by atomic mass is 31.2. The Balaban J connectivity index is 5.29. The first-order chi connectivity index (χ1) is 49.4. The standard InChI is InChI=1S/C83H158O17P2/c1-7-10-12-14-16-18-20-22-24-25-26-27-28-30-32-37-41-49-55-61-67-82(87)99-78(71-93-80(85)65-59-53-47-40-36-31-29-23-21-19-17-15-13-11-8-2)73-97-101(89,90)95-69-77(84)70-96-102(91,92)98-74-79(72-94-81(86)66-60-54-48-44-43-46-52-58-64-76(6)9-3)100-83(88)68-62-56-50-42-38-34-33-35-39-45-51-57-63-75(4)5/h19,21,23,29,75-79,84H,7-18,20,22,24-28,30-74H2,1-6H3,(H,89,90)(H,91,92)/b21-19-,29-23-/t76?,77-,78-,79-/m1/s1. The molecule has 0 aliphatic rings. The molecule has 0 bridgehead atoms. The number of unbranched alkanes of at least 4 members (excludes halogenated alkanes) is 46. The second-order valence-corrected chi connectivity index (χ2v) is 32.8. The molecule has 0 aromatic carbocycles. The van der Waals surface area contributed by atoms with Gasteiger partial charge in [0.05, 0.1) is 26.4 Å². The van der Waals surface area contributed by atoms with Gasteiger partial charge in [-0.05, 0) is 63.2 Å². The fraction of sp³-hybridized carbons (Fsp3) is 0.904. The van der Waals surface area contributed by atoms with Crippen LogP contribution in [0.4, 0.5) is 0 Å². The molecule has 102 heavy (non-hydrogen) atoms. The van der Waals surface area contributed by atoms with Crippen molar-refractivity contribution in [3.05, 3.63) is 24.3 Å². The third-order valence-corrected chi connectivity index (χ3v) is 21.1. The van der Waals surface area contributed by atoms with E-state index in [1.54, 1.807) is 0 Å². The third-order valence-electron chi connectivity index (χ3n) is 19.2. The lowest BCUT2D eigenvalue weighted by Crippen LogP contribution is -2.30. The van der Waals surface area contributed by atoms with Gasteiger partial charge in [0.2, 0.25) is 0 Å². The average molecular weight is 1490 g/mol. The number of rotatable bonds is 80. The van der Waals surface area contributed by atoms with Crippen LogP contribution >= 0.6 is 15.6 Å². The van der Waals surface area contributed by atoms with Crippen molar-refractivity contribution in [1.29, 1.82) is 0 Å². The molecule has 602 valence electrons. The monoisotopic (exact) mass is 1490 g/mol. The van der Waals surface area contributed by atoms with Crippen molar-refractivity contribution in [2.75, 3.05) is 39.6 Å². The van der Waals surface area contributed by atoms with Crippen LogP contribution in [0.5, 0.6) is 0 Å². The molecule has 17 nitrogen and oxygen atoms in total. The van der Waals surface area contributed by atoms with Crippen LogP contribution in [0.3, 0.4) is 0 Å². The molecule has 0 amide bonds. The number of allylic oxidation sites excluding steroid dienone is 4. The molecule has 0 rings (SSSR count). The zero-order chi connectivity index (χ0) is 74.9. The normalized spacial score (nSPS) is 14.3. The molecule has 3 unspecified atom stereocenters. The molecular weight excluding hydrogens is 1330 g/mol. The van der Waals surface area contributed by atoms with E-state index in [9.17, 15) is 43.2 Å². The third kappa shape index (κ3) is 74.4. The van der Waals surface area contributed by atoms with E-state index in [1.165, 1.54) is 212 Å². The highest BCUT2D eigenvalue weighted by Gasteiger charge is 2.30. The van der Waals surface area contributed by atoms with Crippen molar-refractivity contribution in [2.45, 2.75) is 432 Å². The molecule has 0 saturated heterocycles. The summed E-state index contributed by atoms with van der Waals surface area (Å²) in [7, 11) is -9.94. The second-order valence-electron chi connectivity index (χ2n) is 29.9. The van der Waals surface area contributed by atoms with E-state index >= 15 is 0 Å². The zero-order valence-corrected chi connectivity index (χ0v) is 68.2. The van der Waals surface area contributed by atoms with Gasteiger partial charge in [-0.2, -0.15) is 0 Å². The average Bonchev–Trinajstić information content (AvgIpc) is 0.908.